The average molecular weight is 744 g/mol. The number of amides is 1. The Labute approximate surface area is 319 Å². The molecule has 0 radical (unpaired) electrons. The van der Waals surface area contributed by atoms with Gasteiger partial charge in [-0.3, -0.25) is 4.79 Å². The first-order chi connectivity index (χ1) is 25.3. The van der Waals surface area contributed by atoms with Crippen LogP contribution in [0.2, 0.25) is 0 Å². The molecule has 0 saturated carbocycles. The second-order valence-electron chi connectivity index (χ2n) is 15.9. The van der Waals surface area contributed by atoms with E-state index in [1.54, 1.807) is 0 Å². The van der Waals surface area contributed by atoms with Crippen molar-refractivity contribution in [1.29, 1.82) is 0 Å². The molecule has 1 rings (SSSR count). The molecule has 0 bridgehead atoms. The van der Waals surface area contributed by atoms with Gasteiger partial charge in [0, 0.05) is 6.42 Å². The van der Waals surface area contributed by atoms with Gasteiger partial charge in [0.15, 0.2) is 6.29 Å². The van der Waals surface area contributed by atoms with Gasteiger partial charge < -0.3 is 40.3 Å². The Balaban J connectivity index is 2.07. The maximum absolute atomic E-state index is 12.8. The van der Waals surface area contributed by atoms with E-state index in [9.17, 15) is 30.3 Å². The van der Waals surface area contributed by atoms with Crippen LogP contribution in [-0.2, 0) is 14.3 Å². The van der Waals surface area contributed by atoms with Crippen molar-refractivity contribution in [1.82, 2.24) is 5.32 Å². The lowest BCUT2D eigenvalue weighted by molar-refractivity contribution is -0.302. The zero-order valence-electron chi connectivity index (χ0n) is 33.8. The van der Waals surface area contributed by atoms with Crippen molar-refractivity contribution in [3.8, 4) is 0 Å². The third-order valence-corrected chi connectivity index (χ3v) is 11.0. The minimum Gasteiger partial charge on any atom is -0.394 e. The highest BCUT2D eigenvalue weighted by atomic mass is 16.7. The summed E-state index contributed by atoms with van der Waals surface area (Å²) in [6, 6.07) is -0.708. The predicted octanol–water partition coefficient (Wildman–Crippen LogP) is 8.78. The third kappa shape index (κ3) is 25.3. The Kier molecular flexibility index (Phi) is 32.8. The maximum Gasteiger partial charge on any atom is 0.220 e. The van der Waals surface area contributed by atoms with Crippen molar-refractivity contribution in [3.63, 3.8) is 0 Å². The van der Waals surface area contributed by atoms with Gasteiger partial charge in [0.05, 0.1) is 25.4 Å². The van der Waals surface area contributed by atoms with Gasteiger partial charge >= 0.3 is 0 Å². The van der Waals surface area contributed by atoms with Gasteiger partial charge in [0.2, 0.25) is 5.91 Å². The van der Waals surface area contributed by atoms with Crippen LogP contribution in [0.5, 0.6) is 0 Å². The van der Waals surface area contributed by atoms with Crippen LogP contribution in [0.25, 0.3) is 0 Å². The van der Waals surface area contributed by atoms with E-state index in [-0.39, 0.29) is 12.5 Å². The number of nitrogens with one attached hydrogen (secondary N) is 1. The summed E-state index contributed by atoms with van der Waals surface area (Å²) in [6.45, 7) is 3.72. The van der Waals surface area contributed by atoms with Gasteiger partial charge in [-0.1, -0.05) is 194 Å². The second kappa shape index (κ2) is 34.7. The van der Waals surface area contributed by atoms with Gasteiger partial charge in [-0.05, 0) is 12.8 Å². The molecule has 1 saturated heterocycles. The minimum absolute atomic E-state index is 0.136. The van der Waals surface area contributed by atoms with E-state index >= 15 is 0 Å². The van der Waals surface area contributed by atoms with Crippen molar-refractivity contribution >= 4 is 5.91 Å². The molecule has 310 valence electrons. The molecule has 0 aromatic rings. The van der Waals surface area contributed by atoms with Gasteiger partial charge in [-0.25, -0.2) is 0 Å². The fourth-order valence-corrected chi connectivity index (χ4v) is 7.34. The summed E-state index contributed by atoms with van der Waals surface area (Å²) >= 11 is 0. The molecule has 0 aromatic carbocycles. The Morgan fingerprint density at radius 2 is 0.962 bits per heavy atom. The fourth-order valence-electron chi connectivity index (χ4n) is 7.34. The summed E-state index contributed by atoms with van der Waals surface area (Å²) in [7, 11) is 0. The SMILES string of the molecule is CCCCCCCCCCCCCCCCCCCCCCCCCCCC(=O)NC(COC1OC(CO)C(O)C(O)C1O)C(O)CCCCCC. The molecule has 1 aliphatic rings. The highest BCUT2D eigenvalue weighted by Gasteiger charge is 2.44. The number of hydrogen-bond acceptors (Lipinski definition) is 8. The van der Waals surface area contributed by atoms with Crippen molar-refractivity contribution in [3.05, 3.63) is 0 Å². The van der Waals surface area contributed by atoms with Crippen molar-refractivity contribution in [2.45, 2.75) is 256 Å². The summed E-state index contributed by atoms with van der Waals surface area (Å²) in [5.41, 5.74) is 0. The number of hydrogen-bond donors (Lipinski definition) is 6. The number of carbonyl (C=O) groups is 1. The molecule has 1 fully saturated rings. The first-order valence-electron chi connectivity index (χ1n) is 22.2. The molecular weight excluding hydrogens is 658 g/mol. The van der Waals surface area contributed by atoms with Crippen LogP contribution in [0.1, 0.15) is 213 Å². The Bertz CT molecular complexity index is 786. The third-order valence-electron chi connectivity index (χ3n) is 11.0. The highest BCUT2D eigenvalue weighted by Crippen LogP contribution is 2.23. The van der Waals surface area contributed by atoms with Gasteiger partial charge in [-0.2, -0.15) is 0 Å². The summed E-state index contributed by atoms with van der Waals surface area (Å²) in [6.07, 6.45) is 30.5. The van der Waals surface area contributed by atoms with E-state index in [4.69, 9.17) is 9.47 Å². The van der Waals surface area contributed by atoms with Crippen LogP contribution in [0.15, 0.2) is 0 Å². The Morgan fingerprint density at radius 3 is 1.37 bits per heavy atom. The number of unbranched alkanes of at least 4 members (excludes halogenated alkanes) is 27. The van der Waals surface area contributed by atoms with E-state index in [0.29, 0.717) is 12.8 Å². The van der Waals surface area contributed by atoms with Crippen molar-refractivity contribution < 1.29 is 39.8 Å². The maximum atomic E-state index is 12.8. The number of aliphatic hydroxyl groups excluding tert-OH is 5. The molecule has 1 amide bonds. The zero-order valence-corrected chi connectivity index (χ0v) is 33.8. The summed E-state index contributed by atoms with van der Waals surface area (Å²) in [4.78, 5) is 12.8. The lowest BCUT2D eigenvalue weighted by atomic mass is 9.99. The van der Waals surface area contributed by atoms with Crippen LogP contribution in [-0.4, -0.2) is 87.5 Å². The summed E-state index contributed by atoms with van der Waals surface area (Å²) in [5, 5.41) is 53.7. The lowest BCUT2D eigenvalue weighted by Gasteiger charge is -2.40. The molecular formula is C43H85NO8. The Hall–Kier alpha value is -0.810. The smallest absolute Gasteiger partial charge is 0.220 e. The molecule has 0 aliphatic carbocycles. The monoisotopic (exact) mass is 744 g/mol. The number of aliphatic hydroxyl groups is 5. The average Bonchev–Trinajstić information content (AvgIpc) is 3.14. The summed E-state index contributed by atoms with van der Waals surface area (Å²) < 4.78 is 11.1. The largest absolute Gasteiger partial charge is 0.394 e. The number of carbonyl (C=O) groups excluding carboxylic acids is 1. The standard InChI is InChI=1S/C43H85NO8/c1-3-5-7-9-10-11-12-13-14-15-16-17-18-19-20-21-22-23-24-25-26-27-28-29-31-33-39(47)44-36(37(46)32-30-8-6-4-2)35-51-43-42(50)41(49)40(48)38(34-45)52-43/h36-38,40-43,45-46,48-50H,3-35H2,1-2H3,(H,44,47). The van der Waals surface area contributed by atoms with E-state index < -0.39 is 49.5 Å². The van der Waals surface area contributed by atoms with Crippen molar-refractivity contribution in [2.75, 3.05) is 13.2 Å². The minimum atomic E-state index is -1.54. The molecule has 9 heteroatoms. The molecule has 7 unspecified atom stereocenters. The van der Waals surface area contributed by atoms with Crippen LogP contribution < -0.4 is 5.32 Å². The van der Waals surface area contributed by atoms with Gasteiger partial charge in [0.25, 0.3) is 0 Å². The van der Waals surface area contributed by atoms with E-state index in [0.717, 1.165) is 44.9 Å². The van der Waals surface area contributed by atoms with Crippen LogP contribution in [0.3, 0.4) is 0 Å². The molecule has 1 heterocycles. The topological polar surface area (TPSA) is 149 Å². The molecule has 0 spiro atoms. The van der Waals surface area contributed by atoms with Gasteiger partial charge in [-0.15, -0.1) is 0 Å². The molecule has 52 heavy (non-hydrogen) atoms. The second-order valence-corrected chi connectivity index (χ2v) is 15.9. The number of ether oxygens (including phenoxy) is 2. The first-order valence-corrected chi connectivity index (χ1v) is 22.2. The molecule has 9 nitrogen and oxygen atoms in total. The van der Waals surface area contributed by atoms with E-state index in [1.807, 2.05) is 0 Å². The summed E-state index contributed by atoms with van der Waals surface area (Å²) in [5.74, 6) is -0.149. The van der Waals surface area contributed by atoms with E-state index in [2.05, 4.69) is 19.2 Å². The Morgan fingerprint density at radius 1 is 0.577 bits per heavy atom. The lowest BCUT2D eigenvalue weighted by Crippen LogP contribution is -2.60. The molecule has 0 aromatic heterocycles. The van der Waals surface area contributed by atoms with Crippen LogP contribution in [0, 0.1) is 0 Å². The van der Waals surface area contributed by atoms with Gasteiger partial charge in [0.1, 0.15) is 24.4 Å². The zero-order chi connectivity index (χ0) is 38.1. The van der Waals surface area contributed by atoms with Crippen LogP contribution in [0.4, 0.5) is 0 Å². The fraction of sp³-hybridized carbons (Fsp3) is 0.977. The molecule has 1 aliphatic heterocycles. The van der Waals surface area contributed by atoms with Crippen molar-refractivity contribution in [2.24, 2.45) is 0 Å². The molecule has 6 N–H and O–H groups in total. The quantitative estimate of drug-likeness (QED) is 0.0346. The molecule has 7 atom stereocenters. The van der Waals surface area contributed by atoms with E-state index in [1.165, 1.54) is 141 Å². The number of rotatable bonds is 37. The first kappa shape index (κ1) is 49.2. The predicted molar refractivity (Wildman–Crippen MR) is 212 cm³/mol. The normalized spacial score (nSPS) is 21.7. The highest BCUT2D eigenvalue weighted by molar-refractivity contribution is 5.76. The van der Waals surface area contributed by atoms with Crippen LogP contribution >= 0.6 is 0 Å².